The summed E-state index contributed by atoms with van der Waals surface area (Å²) in [5.41, 5.74) is 3.78. The van der Waals surface area contributed by atoms with E-state index in [0.717, 1.165) is 6.42 Å². The van der Waals surface area contributed by atoms with Gasteiger partial charge in [0.25, 0.3) is 0 Å². The Balaban J connectivity index is 2.49. The Bertz CT molecular complexity index is 472. The number of nitrogens with one attached hydrogen (secondary N) is 1. The molecule has 4 nitrogen and oxygen atoms in total. The van der Waals surface area contributed by atoms with E-state index in [1.165, 1.54) is 16.7 Å². The number of hydrogen-bond donors (Lipinski definition) is 2. The molecule has 0 spiro atoms. The van der Waals surface area contributed by atoms with E-state index in [9.17, 15) is 9.90 Å². The summed E-state index contributed by atoms with van der Waals surface area (Å²) in [5, 5.41) is 12.3. The summed E-state index contributed by atoms with van der Waals surface area (Å²) in [5.74, 6) is 0. The number of rotatable bonds is 6. The second-order valence-electron chi connectivity index (χ2n) is 6.04. The molecule has 0 aliphatic heterocycles. The topological polar surface area (TPSA) is 52.6 Å². The van der Waals surface area contributed by atoms with Gasteiger partial charge >= 0.3 is 6.03 Å². The molecule has 0 aliphatic carbocycles. The van der Waals surface area contributed by atoms with E-state index >= 15 is 0 Å². The van der Waals surface area contributed by atoms with Crippen molar-refractivity contribution in [2.75, 3.05) is 13.6 Å². The molecule has 2 atom stereocenters. The van der Waals surface area contributed by atoms with E-state index in [1.807, 2.05) is 6.92 Å². The Kier molecular flexibility index (Phi) is 6.69. The van der Waals surface area contributed by atoms with Gasteiger partial charge < -0.3 is 15.3 Å². The Hall–Kier alpha value is -1.55. The smallest absolute Gasteiger partial charge is 0.317 e. The zero-order valence-corrected chi connectivity index (χ0v) is 13.8. The van der Waals surface area contributed by atoms with Gasteiger partial charge in [0, 0.05) is 19.6 Å². The number of aliphatic hydroxyl groups is 1. The van der Waals surface area contributed by atoms with Crippen LogP contribution in [0.1, 0.15) is 37.0 Å². The molecule has 21 heavy (non-hydrogen) atoms. The van der Waals surface area contributed by atoms with Gasteiger partial charge in [0.1, 0.15) is 0 Å². The van der Waals surface area contributed by atoms with E-state index in [-0.39, 0.29) is 18.2 Å². The van der Waals surface area contributed by atoms with Gasteiger partial charge in [-0.2, -0.15) is 0 Å². The molecule has 1 aromatic carbocycles. The monoisotopic (exact) mass is 292 g/mol. The molecule has 1 rings (SSSR count). The zero-order chi connectivity index (χ0) is 16.0. The van der Waals surface area contributed by atoms with Crippen LogP contribution in [0, 0.1) is 13.8 Å². The first-order chi connectivity index (χ1) is 9.79. The maximum Gasteiger partial charge on any atom is 0.317 e. The maximum absolute atomic E-state index is 12.0. The molecule has 2 amide bonds. The van der Waals surface area contributed by atoms with Gasteiger partial charge in [-0.1, -0.05) is 23.8 Å². The normalized spacial score (nSPS) is 13.6. The lowest BCUT2D eigenvalue weighted by molar-refractivity contribution is 0.162. The first-order valence-electron chi connectivity index (χ1n) is 7.55. The Morgan fingerprint density at radius 2 is 2.00 bits per heavy atom. The zero-order valence-electron chi connectivity index (χ0n) is 13.8. The van der Waals surface area contributed by atoms with E-state index < -0.39 is 0 Å². The van der Waals surface area contributed by atoms with Crippen LogP contribution in [0.3, 0.4) is 0 Å². The largest absolute Gasteiger partial charge is 0.393 e. The number of amides is 2. The van der Waals surface area contributed by atoms with Crippen molar-refractivity contribution in [2.24, 2.45) is 0 Å². The molecule has 4 heteroatoms. The molecule has 0 fully saturated rings. The molecule has 2 N–H and O–H groups in total. The van der Waals surface area contributed by atoms with E-state index in [0.29, 0.717) is 13.0 Å². The minimum Gasteiger partial charge on any atom is -0.393 e. The lowest BCUT2D eigenvalue weighted by atomic mass is 10.00. The van der Waals surface area contributed by atoms with Crippen molar-refractivity contribution in [3.8, 4) is 0 Å². The summed E-state index contributed by atoms with van der Waals surface area (Å²) < 4.78 is 0. The van der Waals surface area contributed by atoms with Gasteiger partial charge in [-0.3, -0.25) is 0 Å². The third-order valence-corrected chi connectivity index (χ3v) is 3.62. The molecule has 0 aliphatic rings. The first-order valence-corrected chi connectivity index (χ1v) is 7.55. The molecule has 0 bridgehead atoms. The molecule has 2 unspecified atom stereocenters. The van der Waals surface area contributed by atoms with Crippen molar-refractivity contribution in [3.63, 3.8) is 0 Å². The van der Waals surface area contributed by atoms with E-state index in [1.54, 1.807) is 18.9 Å². The minimum atomic E-state index is -0.382. The van der Waals surface area contributed by atoms with Crippen LogP contribution in [-0.4, -0.2) is 41.8 Å². The number of carbonyl (C=O) groups excluding carboxylic acids is 1. The van der Waals surface area contributed by atoms with Crippen LogP contribution in [0.15, 0.2) is 18.2 Å². The van der Waals surface area contributed by atoms with E-state index in [2.05, 4.69) is 37.4 Å². The average molecular weight is 292 g/mol. The predicted molar refractivity (Wildman–Crippen MR) is 86.5 cm³/mol. The molecule has 1 aromatic rings. The van der Waals surface area contributed by atoms with E-state index in [4.69, 9.17) is 0 Å². The standard InChI is InChI=1S/C17H28N2O2/c1-12-6-7-16(13(2)10-12)11-14(3)18-17(21)19(5)9-8-15(4)20/h6-7,10,14-15,20H,8-9,11H2,1-5H3,(H,18,21). The van der Waals surface area contributed by atoms with Crippen LogP contribution in [-0.2, 0) is 6.42 Å². The van der Waals surface area contributed by atoms with Crippen LogP contribution in [0.2, 0.25) is 0 Å². The highest BCUT2D eigenvalue weighted by Gasteiger charge is 2.13. The highest BCUT2D eigenvalue weighted by atomic mass is 16.3. The van der Waals surface area contributed by atoms with Crippen molar-refractivity contribution in [3.05, 3.63) is 34.9 Å². The number of aryl methyl sites for hydroxylation is 2. The van der Waals surface area contributed by atoms with Crippen molar-refractivity contribution in [1.82, 2.24) is 10.2 Å². The van der Waals surface area contributed by atoms with Gasteiger partial charge in [0.05, 0.1) is 6.10 Å². The highest BCUT2D eigenvalue weighted by Crippen LogP contribution is 2.12. The minimum absolute atomic E-state index is 0.0768. The molecule has 0 saturated heterocycles. The Morgan fingerprint density at radius 3 is 2.57 bits per heavy atom. The van der Waals surface area contributed by atoms with Crippen molar-refractivity contribution < 1.29 is 9.90 Å². The number of hydrogen-bond acceptors (Lipinski definition) is 2. The molecular weight excluding hydrogens is 264 g/mol. The fraction of sp³-hybridized carbons (Fsp3) is 0.588. The molecular formula is C17H28N2O2. The summed E-state index contributed by atoms with van der Waals surface area (Å²) in [7, 11) is 1.75. The van der Waals surface area contributed by atoms with Crippen LogP contribution >= 0.6 is 0 Å². The number of urea groups is 1. The molecule has 0 saturated carbocycles. The predicted octanol–water partition coefficient (Wildman–Crippen LogP) is 2.65. The fourth-order valence-corrected chi connectivity index (χ4v) is 2.26. The van der Waals surface area contributed by atoms with Crippen LogP contribution in [0.4, 0.5) is 4.79 Å². The van der Waals surface area contributed by atoms with Crippen LogP contribution in [0.5, 0.6) is 0 Å². The summed E-state index contributed by atoms with van der Waals surface area (Å²) in [6.45, 7) is 8.48. The van der Waals surface area contributed by atoms with Crippen molar-refractivity contribution in [2.45, 2.75) is 52.7 Å². The summed E-state index contributed by atoms with van der Waals surface area (Å²) in [4.78, 5) is 13.6. The fourth-order valence-electron chi connectivity index (χ4n) is 2.26. The van der Waals surface area contributed by atoms with Gasteiger partial charge in [0.15, 0.2) is 0 Å². The lowest BCUT2D eigenvalue weighted by Gasteiger charge is -2.22. The first kappa shape index (κ1) is 17.5. The van der Waals surface area contributed by atoms with Crippen molar-refractivity contribution in [1.29, 1.82) is 0 Å². The second-order valence-corrected chi connectivity index (χ2v) is 6.04. The number of aliphatic hydroxyl groups excluding tert-OH is 1. The van der Waals surface area contributed by atoms with Gasteiger partial charge in [-0.15, -0.1) is 0 Å². The lowest BCUT2D eigenvalue weighted by Crippen LogP contribution is -2.43. The average Bonchev–Trinajstić information content (AvgIpc) is 2.39. The molecule has 118 valence electrons. The third kappa shape index (κ3) is 6.17. The van der Waals surface area contributed by atoms with Crippen LogP contribution < -0.4 is 5.32 Å². The SMILES string of the molecule is Cc1ccc(CC(C)NC(=O)N(C)CCC(C)O)c(C)c1. The van der Waals surface area contributed by atoms with Gasteiger partial charge in [-0.05, 0) is 51.7 Å². The molecule has 0 heterocycles. The quantitative estimate of drug-likeness (QED) is 0.847. The second kappa shape index (κ2) is 8.03. The summed E-state index contributed by atoms with van der Waals surface area (Å²) in [6, 6.07) is 6.38. The Morgan fingerprint density at radius 1 is 1.33 bits per heavy atom. The summed E-state index contributed by atoms with van der Waals surface area (Å²) >= 11 is 0. The maximum atomic E-state index is 12.0. The number of carbonyl (C=O) groups is 1. The number of nitrogens with zero attached hydrogens (tertiary/aromatic N) is 1. The Labute approximate surface area is 128 Å². The third-order valence-electron chi connectivity index (χ3n) is 3.62. The molecule has 0 radical (unpaired) electrons. The van der Waals surface area contributed by atoms with Gasteiger partial charge in [-0.25, -0.2) is 4.79 Å². The van der Waals surface area contributed by atoms with Gasteiger partial charge in [0.2, 0.25) is 0 Å². The highest BCUT2D eigenvalue weighted by molar-refractivity contribution is 5.74. The number of benzene rings is 1. The molecule has 0 aromatic heterocycles. The van der Waals surface area contributed by atoms with Crippen LogP contribution in [0.25, 0.3) is 0 Å². The summed E-state index contributed by atoms with van der Waals surface area (Å²) in [6.07, 6.45) is 1.03. The van der Waals surface area contributed by atoms with Crippen molar-refractivity contribution >= 4 is 6.03 Å².